The SMILES string of the molecule is CCCCC[C@H](O)/C=C/[C@H]1OC(O)C[C@H](O)[C@@H]2CC=CCCCC(=O)OC[C@@H](OC(=O)CCCCCCCCCCCCC(C)CC)COP(=O)(O)OP(=O)(O)OC[C@@H](O[C@H]2n2ccc(N)nc2=O)[C@@H](O)[C@H]1O. The van der Waals surface area contributed by atoms with Gasteiger partial charge in [-0.15, -0.1) is 0 Å². The third-order valence-corrected chi connectivity index (χ3v) is 15.5. The van der Waals surface area contributed by atoms with E-state index in [9.17, 15) is 58.8 Å². The number of nitrogen functional groups attached to an aromatic ring is 1. The second kappa shape index (κ2) is 34.7. The first kappa shape index (κ1) is 64.4. The molecule has 22 nitrogen and oxygen atoms in total. The van der Waals surface area contributed by atoms with E-state index in [4.69, 9.17) is 33.7 Å². The lowest BCUT2D eigenvalue weighted by molar-refractivity contribution is -0.192. The zero-order valence-corrected chi connectivity index (χ0v) is 44.7. The molecule has 1 aromatic rings. The Kier molecular flexibility index (Phi) is 30.6. The van der Waals surface area contributed by atoms with Crippen LogP contribution in [-0.4, -0.2) is 126 Å². The minimum Gasteiger partial charge on any atom is -0.462 e. The Bertz CT molecular complexity index is 1960. The Morgan fingerprint density at radius 2 is 1.52 bits per heavy atom. The zero-order chi connectivity index (χ0) is 53.8. The molecule has 3 rings (SSSR count). The number of ether oxygens (including phenoxy) is 4. The second-order valence-electron chi connectivity index (χ2n) is 19.2. The van der Waals surface area contributed by atoms with E-state index >= 15 is 0 Å². The molecule has 3 heterocycles. The smallest absolute Gasteiger partial charge is 0.462 e. The third-order valence-electron chi connectivity index (χ3n) is 12.9. The molecule has 1 aromatic heterocycles. The van der Waals surface area contributed by atoms with Crippen LogP contribution in [-0.2, 0) is 51.0 Å². The molecule has 13 atom stereocenters. The Balaban J connectivity index is 1.84. The zero-order valence-electron chi connectivity index (χ0n) is 42.9. The molecule has 0 amide bonds. The second-order valence-corrected chi connectivity index (χ2v) is 22.2. The van der Waals surface area contributed by atoms with E-state index in [1.165, 1.54) is 56.7 Å². The molecule has 1 fully saturated rings. The summed E-state index contributed by atoms with van der Waals surface area (Å²) in [4.78, 5) is 64.3. The van der Waals surface area contributed by atoms with Crippen LogP contribution in [0.25, 0.3) is 0 Å². The lowest BCUT2D eigenvalue weighted by Gasteiger charge is -2.36. The average molecular weight is 1080 g/mol. The number of aliphatic hydroxyl groups is 5. The van der Waals surface area contributed by atoms with Gasteiger partial charge in [0.2, 0.25) is 0 Å². The number of phosphoric acid groups is 2. The number of fused-ring (bicyclic) bond motifs is 3. The lowest BCUT2D eigenvalue weighted by atomic mass is 9.92. The van der Waals surface area contributed by atoms with Crippen LogP contribution in [0.1, 0.15) is 168 Å². The molecule has 0 spiro atoms. The van der Waals surface area contributed by atoms with Crippen molar-refractivity contribution in [1.29, 1.82) is 0 Å². The number of anilines is 1. The first-order chi connectivity index (χ1) is 34.7. The maximum atomic E-state index is 13.4. The topological polar surface area (TPSA) is 335 Å². The number of aromatic nitrogens is 2. The molecule has 1 saturated heterocycles. The van der Waals surface area contributed by atoms with Gasteiger partial charge in [-0.1, -0.05) is 135 Å². The molecule has 2 bridgehead atoms. The van der Waals surface area contributed by atoms with E-state index in [2.05, 4.69) is 23.1 Å². The molecule has 24 heteroatoms. The largest absolute Gasteiger partial charge is 0.481 e. The fourth-order valence-electron chi connectivity index (χ4n) is 8.32. The molecule has 0 saturated carbocycles. The van der Waals surface area contributed by atoms with E-state index in [-0.39, 0.29) is 37.9 Å². The standard InChI is InChI=1S/C49H85N3O19P2/c1-4-6-17-23-36(53)27-28-40-46(58)47(59)41-34-67-73(63,64)71-72(61,62)66-33-37(68-44(56)26-21-14-12-10-8-7-9-11-13-18-22-35(3)5-2)32-65-43(55)25-20-16-15-19-24-38(39(54)31-45(57)69-40)48(70-41)52-30-29-42(50)51-49(52)60/h15,19,27-30,35-41,45-48,53-54,57-59H,4-14,16-18,20-26,31-34H2,1-3H3,(H,61,62)(H,63,64)(H2,50,51,60)/b19-15?,28-27+/t35?,36-,37+,38-,39-,40+,41+,45?,46-,47+,48+/m0/s1. The summed E-state index contributed by atoms with van der Waals surface area (Å²) in [5.74, 6) is -2.08. The number of hydrogen-bond donors (Lipinski definition) is 8. The number of cyclic esters (lactones) is 1. The molecular weight excluding hydrogens is 996 g/mol. The summed E-state index contributed by atoms with van der Waals surface area (Å²) in [6, 6.07) is 1.23. The van der Waals surface area contributed by atoms with Crippen molar-refractivity contribution in [2.45, 2.75) is 217 Å². The first-order valence-electron chi connectivity index (χ1n) is 26.1. The van der Waals surface area contributed by atoms with Crippen molar-refractivity contribution in [3.63, 3.8) is 0 Å². The number of nitrogens with two attached hydrogens (primary N) is 1. The normalized spacial score (nSPS) is 30.7. The average Bonchev–Trinajstić information content (AvgIpc) is 3.33. The van der Waals surface area contributed by atoms with Crippen LogP contribution >= 0.6 is 15.6 Å². The van der Waals surface area contributed by atoms with E-state index in [0.29, 0.717) is 19.3 Å². The molecule has 4 unspecified atom stereocenters. The highest BCUT2D eigenvalue weighted by molar-refractivity contribution is 7.61. The van der Waals surface area contributed by atoms with Crippen molar-refractivity contribution >= 4 is 33.4 Å². The van der Waals surface area contributed by atoms with Crippen LogP contribution < -0.4 is 11.4 Å². The van der Waals surface area contributed by atoms with Gasteiger partial charge in [0.15, 0.2) is 12.4 Å². The summed E-state index contributed by atoms with van der Waals surface area (Å²) in [6.07, 6.45) is 6.71. The Labute approximate surface area is 429 Å². The summed E-state index contributed by atoms with van der Waals surface area (Å²) < 4.78 is 64.8. The monoisotopic (exact) mass is 1080 g/mol. The number of phosphoric ester groups is 2. The molecule has 0 radical (unpaired) electrons. The van der Waals surface area contributed by atoms with E-state index < -0.39 is 121 Å². The molecule has 2 aliphatic heterocycles. The summed E-state index contributed by atoms with van der Waals surface area (Å²) in [7, 11) is -11.3. The number of rotatable bonds is 22. The minimum absolute atomic E-state index is 0.00330. The number of carbonyl (C=O) groups excluding carboxylic acids is 2. The summed E-state index contributed by atoms with van der Waals surface area (Å²) >= 11 is 0. The van der Waals surface area contributed by atoms with Crippen molar-refractivity contribution in [3.8, 4) is 0 Å². The van der Waals surface area contributed by atoms with Gasteiger partial charge in [0.1, 0.15) is 43.1 Å². The molecule has 2 aliphatic rings. The van der Waals surface area contributed by atoms with Crippen LogP contribution in [0, 0.1) is 11.8 Å². The number of carbonyl (C=O) groups is 2. The summed E-state index contributed by atoms with van der Waals surface area (Å²) in [6.45, 7) is 3.72. The van der Waals surface area contributed by atoms with Crippen molar-refractivity contribution in [2.75, 3.05) is 25.6 Å². The predicted molar refractivity (Wildman–Crippen MR) is 269 cm³/mol. The highest BCUT2D eigenvalue weighted by atomic mass is 31.3. The fourth-order valence-corrected chi connectivity index (χ4v) is 10.4. The molecule has 0 aliphatic carbocycles. The molecule has 9 N–H and O–H groups in total. The number of esters is 2. The fraction of sp³-hybridized carbons (Fsp3) is 0.796. The van der Waals surface area contributed by atoms with Gasteiger partial charge in [-0.05, 0) is 44.1 Å². The van der Waals surface area contributed by atoms with Crippen molar-refractivity contribution in [1.82, 2.24) is 9.55 Å². The van der Waals surface area contributed by atoms with Crippen molar-refractivity contribution < 1.29 is 86.3 Å². The Morgan fingerprint density at radius 3 is 2.18 bits per heavy atom. The van der Waals surface area contributed by atoms with Crippen LogP contribution in [0.5, 0.6) is 0 Å². The number of unbranched alkanes of at least 4 members (excludes halogenated alkanes) is 11. The number of allylic oxidation sites excluding steroid dienone is 2. The van der Waals surface area contributed by atoms with E-state index in [1.54, 1.807) is 12.2 Å². The van der Waals surface area contributed by atoms with Gasteiger partial charge in [-0.25, -0.2) is 13.9 Å². The minimum atomic E-state index is -5.73. The summed E-state index contributed by atoms with van der Waals surface area (Å²) in [5, 5.41) is 56.8. The molecule has 0 aromatic carbocycles. The Hall–Kier alpha value is -2.92. The van der Waals surface area contributed by atoms with Crippen LogP contribution in [0.2, 0.25) is 0 Å². The van der Waals surface area contributed by atoms with Gasteiger partial charge in [0, 0.05) is 31.4 Å². The predicted octanol–water partition coefficient (Wildman–Crippen LogP) is 6.58. The highest BCUT2D eigenvalue weighted by Gasteiger charge is 2.44. The van der Waals surface area contributed by atoms with Gasteiger partial charge in [-0.2, -0.15) is 9.29 Å². The van der Waals surface area contributed by atoms with Gasteiger partial charge < -0.3 is 60.0 Å². The van der Waals surface area contributed by atoms with Crippen molar-refractivity contribution in [2.24, 2.45) is 11.8 Å². The van der Waals surface area contributed by atoms with Crippen molar-refractivity contribution in [3.05, 3.63) is 47.1 Å². The van der Waals surface area contributed by atoms with Crippen LogP contribution in [0.3, 0.4) is 0 Å². The number of hydrogen-bond acceptors (Lipinski definition) is 19. The van der Waals surface area contributed by atoms with Gasteiger partial charge in [0.25, 0.3) is 0 Å². The lowest BCUT2D eigenvalue weighted by Crippen LogP contribution is -2.49. The van der Waals surface area contributed by atoms with Gasteiger partial charge >= 0.3 is 33.3 Å². The highest BCUT2D eigenvalue weighted by Crippen LogP contribution is 2.60. The van der Waals surface area contributed by atoms with E-state index in [0.717, 1.165) is 61.6 Å². The van der Waals surface area contributed by atoms with E-state index in [1.807, 2.05) is 6.92 Å². The molecule has 73 heavy (non-hydrogen) atoms. The number of nitrogens with zero attached hydrogens (tertiary/aromatic N) is 2. The van der Waals surface area contributed by atoms with Gasteiger partial charge in [0.05, 0.1) is 25.4 Å². The van der Waals surface area contributed by atoms with Gasteiger partial charge in [-0.3, -0.25) is 23.2 Å². The third kappa shape index (κ3) is 26.1. The quantitative estimate of drug-likeness (QED) is 0.0263. The molecular formula is C49H85N3O19P2. The first-order valence-corrected chi connectivity index (χ1v) is 29.1. The maximum Gasteiger partial charge on any atom is 0.481 e. The maximum absolute atomic E-state index is 13.4. The number of aliphatic hydroxyl groups excluding tert-OH is 5. The van der Waals surface area contributed by atoms with Crippen LogP contribution in [0.15, 0.2) is 41.4 Å². The molecule has 420 valence electrons. The van der Waals surface area contributed by atoms with Crippen LogP contribution in [0.4, 0.5) is 5.82 Å². The Morgan fingerprint density at radius 1 is 0.877 bits per heavy atom. The summed E-state index contributed by atoms with van der Waals surface area (Å²) in [5.41, 5.74) is 4.75.